The summed E-state index contributed by atoms with van der Waals surface area (Å²) in [6, 6.07) is 23.4. The van der Waals surface area contributed by atoms with Crippen LogP contribution in [0.5, 0.6) is 0 Å². The minimum atomic E-state index is -0.521. The minimum Gasteiger partial charge on any atom is -0.465 e. The Labute approximate surface area is 200 Å². The highest BCUT2D eigenvalue weighted by Gasteiger charge is 2.21. The highest BCUT2D eigenvalue weighted by Crippen LogP contribution is 2.25. The van der Waals surface area contributed by atoms with Crippen LogP contribution in [0.1, 0.15) is 22.8 Å². The molecule has 1 heterocycles. The van der Waals surface area contributed by atoms with Gasteiger partial charge in [-0.2, -0.15) is 0 Å². The van der Waals surface area contributed by atoms with Crippen LogP contribution in [0.25, 0.3) is 16.6 Å². The highest BCUT2D eigenvalue weighted by molar-refractivity contribution is 8.00. The van der Waals surface area contributed by atoms with Gasteiger partial charge in [0.05, 0.1) is 34.5 Å². The first-order valence-electron chi connectivity index (χ1n) is 10.7. The highest BCUT2D eigenvalue weighted by atomic mass is 32.2. The maximum atomic E-state index is 13.5. The molecular formula is C26H23N3O4S. The summed E-state index contributed by atoms with van der Waals surface area (Å²) < 4.78 is 6.28. The summed E-state index contributed by atoms with van der Waals surface area (Å²) in [7, 11) is 1.30. The monoisotopic (exact) mass is 473 g/mol. The number of amides is 1. The standard InChI is InChI=1S/C26H23N3O4S/c1-17(23(30)27-16-18-9-5-3-6-10-18)34-26-28-22-15-19(25(32)33-2)13-14-21(22)24(31)29(26)20-11-7-4-8-12-20/h3-15,17H,16H2,1-2H3,(H,27,30). The van der Waals surface area contributed by atoms with Crippen LogP contribution < -0.4 is 10.9 Å². The number of fused-ring (bicyclic) bond motifs is 1. The van der Waals surface area contributed by atoms with E-state index >= 15 is 0 Å². The average Bonchev–Trinajstić information content (AvgIpc) is 2.87. The topological polar surface area (TPSA) is 90.3 Å². The third-order valence-electron chi connectivity index (χ3n) is 5.24. The van der Waals surface area contributed by atoms with Crippen molar-refractivity contribution in [2.24, 2.45) is 0 Å². The van der Waals surface area contributed by atoms with Crippen LogP contribution in [-0.2, 0) is 16.1 Å². The van der Waals surface area contributed by atoms with Gasteiger partial charge in [0.15, 0.2) is 5.16 Å². The summed E-state index contributed by atoms with van der Waals surface area (Å²) >= 11 is 1.18. The number of methoxy groups -OCH3 is 1. The predicted octanol–water partition coefficient (Wildman–Crippen LogP) is 3.97. The average molecular weight is 474 g/mol. The maximum absolute atomic E-state index is 13.5. The molecule has 0 aliphatic carbocycles. The van der Waals surface area contributed by atoms with Gasteiger partial charge in [-0.25, -0.2) is 9.78 Å². The molecule has 3 aromatic carbocycles. The Morgan fingerprint density at radius 1 is 1.03 bits per heavy atom. The van der Waals surface area contributed by atoms with Crippen LogP contribution in [0.4, 0.5) is 0 Å². The number of benzene rings is 3. The minimum absolute atomic E-state index is 0.175. The van der Waals surface area contributed by atoms with Gasteiger partial charge in [0.25, 0.3) is 5.56 Å². The van der Waals surface area contributed by atoms with E-state index in [9.17, 15) is 14.4 Å². The Morgan fingerprint density at radius 3 is 2.38 bits per heavy atom. The van der Waals surface area contributed by atoms with Crippen LogP contribution in [-0.4, -0.2) is 33.8 Å². The van der Waals surface area contributed by atoms with Gasteiger partial charge < -0.3 is 10.1 Å². The molecule has 0 saturated carbocycles. The summed E-state index contributed by atoms with van der Waals surface area (Å²) in [6.07, 6.45) is 0. The number of nitrogens with one attached hydrogen (secondary N) is 1. The zero-order valence-corrected chi connectivity index (χ0v) is 19.5. The molecule has 0 radical (unpaired) electrons. The van der Waals surface area contributed by atoms with Crippen molar-refractivity contribution in [3.05, 3.63) is 100 Å². The van der Waals surface area contributed by atoms with Crippen LogP contribution >= 0.6 is 11.8 Å². The molecule has 0 saturated heterocycles. The number of carbonyl (C=O) groups is 2. The molecule has 0 aliphatic rings. The van der Waals surface area contributed by atoms with Crippen molar-refractivity contribution in [2.45, 2.75) is 23.9 Å². The summed E-state index contributed by atoms with van der Waals surface area (Å²) in [5, 5.41) is 3.12. The Balaban J connectivity index is 1.70. The Morgan fingerprint density at radius 2 is 1.71 bits per heavy atom. The Kier molecular flexibility index (Phi) is 7.08. The lowest BCUT2D eigenvalue weighted by atomic mass is 10.1. The maximum Gasteiger partial charge on any atom is 0.337 e. The number of rotatable bonds is 7. The molecule has 0 spiro atoms. The van der Waals surface area contributed by atoms with E-state index in [-0.39, 0.29) is 11.5 Å². The number of ether oxygens (including phenoxy) is 1. The normalized spacial score (nSPS) is 11.7. The summed E-state index contributed by atoms with van der Waals surface area (Å²) in [6.45, 7) is 2.17. The number of hydrogen-bond acceptors (Lipinski definition) is 6. The van der Waals surface area contributed by atoms with Crippen molar-refractivity contribution in [1.29, 1.82) is 0 Å². The van der Waals surface area contributed by atoms with Crippen LogP contribution in [0.2, 0.25) is 0 Å². The molecule has 0 aliphatic heterocycles. The van der Waals surface area contributed by atoms with Gasteiger partial charge in [0, 0.05) is 6.54 Å². The molecule has 8 heteroatoms. The van der Waals surface area contributed by atoms with Gasteiger partial charge in [-0.05, 0) is 42.8 Å². The second kappa shape index (κ2) is 10.4. The lowest BCUT2D eigenvalue weighted by molar-refractivity contribution is -0.120. The molecule has 4 rings (SSSR count). The molecule has 0 bridgehead atoms. The molecule has 172 valence electrons. The van der Waals surface area contributed by atoms with E-state index in [1.165, 1.54) is 29.5 Å². The molecule has 4 aromatic rings. The fraction of sp³-hybridized carbons (Fsp3) is 0.154. The van der Waals surface area contributed by atoms with Gasteiger partial charge in [-0.3, -0.25) is 14.2 Å². The molecular weight excluding hydrogens is 450 g/mol. The summed E-state index contributed by atoms with van der Waals surface area (Å²) in [5.74, 6) is -0.690. The molecule has 1 N–H and O–H groups in total. The zero-order chi connectivity index (χ0) is 24.1. The Hall–Kier alpha value is -3.91. The molecule has 1 amide bonds. The van der Waals surface area contributed by atoms with Gasteiger partial charge in [-0.1, -0.05) is 60.3 Å². The van der Waals surface area contributed by atoms with Gasteiger partial charge >= 0.3 is 5.97 Å². The zero-order valence-electron chi connectivity index (χ0n) is 18.7. The third kappa shape index (κ3) is 5.02. The van der Waals surface area contributed by atoms with Crippen molar-refractivity contribution in [1.82, 2.24) is 14.9 Å². The number of esters is 1. The van der Waals surface area contributed by atoms with E-state index < -0.39 is 11.2 Å². The number of carbonyl (C=O) groups excluding carboxylic acids is 2. The third-order valence-corrected chi connectivity index (χ3v) is 6.29. The number of nitrogens with zero attached hydrogens (tertiary/aromatic N) is 2. The molecule has 34 heavy (non-hydrogen) atoms. The number of para-hydroxylation sites is 1. The first-order chi connectivity index (χ1) is 16.5. The van der Waals surface area contributed by atoms with Crippen molar-refractivity contribution in [2.75, 3.05) is 7.11 Å². The van der Waals surface area contributed by atoms with Crippen molar-refractivity contribution in [3.63, 3.8) is 0 Å². The lowest BCUT2D eigenvalue weighted by Crippen LogP contribution is -2.31. The van der Waals surface area contributed by atoms with E-state index in [0.717, 1.165) is 5.56 Å². The lowest BCUT2D eigenvalue weighted by Gasteiger charge is -2.17. The van der Waals surface area contributed by atoms with E-state index in [4.69, 9.17) is 4.74 Å². The first-order valence-corrected chi connectivity index (χ1v) is 11.5. The number of hydrogen-bond donors (Lipinski definition) is 1. The predicted molar refractivity (Wildman–Crippen MR) is 132 cm³/mol. The smallest absolute Gasteiger partial charge is 0.337 e. The van der Waals surface area contributed by atoms with E-state index in [2.05, 4.69) is 10.3 Å². The number of thioether (sulfide) groups is 1. The largest absolute Gasteiger partial charge is 0.465 e. The molecule has 7 nitrogen and oxygen atoms in total. The second-order valence-corrected chi connectivity index (χ2v) is 8.87. The molecule has 1 unspecified atom stereocenters. The van der Waals surface area contributed by atoms with Gasteiger partial charge in [0.2, 0.25) is 5.91 Å². The second-order valence-electron chi connectivity index (χ2n) is 7.56. The van der Waals surface area contributed by atoms with E-state index in [1.54, 1.807) is 19.1 Å². The van der Waals surface area contributed by atoms with E-state index in [1.807, 2.05) is 60.7 Å². The molecule has 1 atom stereocenters. The molecule has 1 aromatic heterocycles. The van der Waals surface area contributed by atoms with Crippen molar-refractivity contribution >= 4 is 34.5 Å². The Bertz CT molecular complexity index is 1390. The summed E-state index contributed by atoms with van der Waals surface area (Å²) in [4.78, 5) is 42.9. The SMILES string of the molecule is COC(=O)c1ccc2c(=O)n(-c3ccccc3)c(SC(C)C(=O)NCc3ccccc3)nc2c1. The fourth-order valence-corrected chi connectivity index (χ4v) is 4.39. The van der Waals surface area contributed by atoms with Crippen LogP contribution in [0, 0.1) is 0 Å². The molecule has 0 fully saturated rings. The van der Waals surface area contributed by atoms with Gasteiger partial charge in [-0.15, -0.1) is 0 Å². The van der Waals surface area contributed by atoms with Crippen molar-refractivity contribution in [3.8, 4) is 5.69 Å². The van der Waals surface area contributed by atoms with Crippen molar-refractivity contribution < 1.29 is 14.3 Å². The van der Waals surface area contributed by atoms with Crippen LogP contribution in [0.15, 0.2) is 88.8 Å². The quantitative estimate of drug-likeness (QED) is 0.248. The van der Waals surface area contributed by atoms with Gasteiger partial charge in [0.1, 0.15) is 0 Å². The van der Waals surface area contributed by atoms with Crippen LogP contribution in [0.3, 0.4) is 0 Å². The number of aromatic nitrogens is 2. The fourth-order valence-electron chi connectivity index (χ4n) is 3.43. The summed E-state index contributed by atoms with van der Waals surface area (Å²) in [5.41, 5.74) is 2.00. The first kappa shape index (κ1) is 23.3. The van der Waals surface area contributed by atoms with E-state index in [0.29, 0.717) is 33.9 Å².